The smallest absolute Gasteiger partial charge is 0.226 e. The second-order valence-electron chi connectivity index (χ2n) is 5.29. The topological polar surface area (TPSA) is 65.4 Å². The Morgan fingerprint density at radius 1 is 1.17 bits per heavy atom. The molecule has 0 radical (unpaired) electrons. The van der Waals surface area contributed by atoms with Crippen molar-refractivity contribution in [2.45, 2.75) is 13.0 Å². The minimum Gasteiger partial charge on any atom is -0.497 e. The van der Waals surface area contributed by atoms with Crippen LogP contribution in [0.3, 0.4) is 0 Å². The summed E-state index contributed by atoms with van der Waals surface area (Å²) in [6.07, 6.45) is 2.09. The van der Waals surface area contributed by atoms with E-state index in [1.54, 1.807) is 38.7 Å². The lowest BCUT2D eigenvalue weighted by molar-refractivity contribution is -0.116. The molecule has 1 amide bonds. The van der Waals surface area contributed by atoms with Crippen LogP contribution in [-0.4, -0.2) is 29.7 Å². The van der Waals surface area contributed by atoms with E-state index in [1.165, 1.54) is 0 Å². The maximum absolute atomic E-state index is 12.3. The summed E-state index contributed by atoms with van der Waals surface area (Å²) in [5.41, 5.74) is 2.54. The summed E-state index contributed by atoms with van der Waals surface area (Å²) < 4.78 is 12.4. The fourth-order valence-corrected chi connectivity index (χ4v) is 2.53. The predicted molar refractivity (Wildman–Crippen MR) is 92.5 cm³/mol. The highest BCUT2D eigenvalue weighted by atomic mass is 16.5. The van der Waals surface area contributed by atoms with Crippen molar-refractivity contribution < 1.29 is 14.3 Å². The van der Waals surface area contributed by atoms with Crippen LogP contribution in [0.2, 0.25) is 0 Å². The standard InChI is InChI=1S/C18H19N3O3/c1-23-13-7-8-17(24-2)15(11-13)20-18(22)9-10-21-12-19-14-5-3-4-6-16(14)21/h3-8,11-12H,9-10H2,1-2H3,(H,20,22). The van der Waals surface area contributed by atoms with Gasteiger partial charge in [0, 0.05) is 19.0 Å². The minimum absolute atomic E-state index is 0.0978. The fourth-order valence-electron chi connectivity index (χ4n) is 2.53. The number of nitrogens with one attached hydrogen (secondary N) is 1. The van der Waals surface area contributed by atoms with Crippen molar-refractivity contribution in [3.63, 3.8) is 0 Å². The fraction of sp³-hybridized carbons (Fsp3) is 0.222. The van der Waals surface area contributed by atoms with Crippen molar-refractivity contribution in [3.05, 3.63) is 48.8 Å². The normalized spacial score (nSPS) is 10.6. The molecule has 2 aromatic carbocycles. The Kier molecular flexibility index (Phi) is 4.65. The average molecular weight is 325 g/mol. The third-order valence-corrected chi connectivity index (χ3v) is 3.79. The number of amides is 1. The van der Waals surface area contributed by atoms with Gasteiger partial charge in [0.25, 0.3) is 0 Å². The van der Waals surface area contributed by atoms with Gasteiger partial charge in [-0.1, -0.05) is 12.1 Å². The Morgan fingerprint density at radius 3 is 2.79 bits per heavy atom. The van der Waals surface area contributed by atoms with E-state index in [0.717, 1.165) is 11.0 Å². The molecule has 3 rings (SSSR count). The molecule has 0 aliphatic heterocycles. The number of hydrogen-bond donors (Lipinski definition) is 1. The maximum Gasteiger partial charge on any atom is 0.226 e. The summed E-state index contributed by atoms with van der Waals surface area (Å²) in [7, 11) is 3.15. The molecule has 0 saturated carbocycles. The van der Waals surface area contributed by atoms with Gasteiger partial charge >= 0.3 is 0 Å². The van der Waals surface area contributed by atoms with E-state index in [2.05, 4.69) is 10.3 Å². The summed E-state index contributed by atoms with van der Waals surface area (Å²) >= 11 is 0. The zero-order chi connectivity index (χ0) is 16.9. The van der Waals surface area contributed by atoms with Gasteiger partial charge in [0.1, 0.15) is 11.5 Å². The molecule has 124 valence electrons. The molecule has 1 N–H and O–H groups in total. The van der Waals surface area contributed by atoms with E-state index in [-0.39, 0.29) is 5.91 Å². The van der Waals surface area contributed by atoms with E-state index < -0.39 is 0 Å². The summed E-state index contributed by atoms with van der Waals surface area (Å²) in [4.78, 5) is 16.6. The molecular weight excluding hydrogens is 306 g/mol. The van der Waals surface area contributed by atoms with Crippen LogP contribution in [0.1, 0.15) is 6.42 Å². The first-order valence-electron chi connectivity index (χ1n) is 7.63. The highest BCUT2D eigenvalue weighted by molar-refractivity contribution is 5.92. The second-order valence-corrected chi connectivity index (χ2v) is 5.29. The molecule has 0 unspecified atom stereocenters. The highest BCUT2D eigenvalue weighted by Gasteiger charge is 2.10. The van der Waals surface area contributed by atoms with Crippen LogP contribution in [0.15, 0.2) is 48.8 Å². The number of para-hydroxylation sites is 2. The number of nitrogens with zero attached hydrogens (tertiary/aromatic N) is 2. The van der Waals surface area contributed by atoms with Crippen LogP contribution >= 0.6 is 0 Å². The molecule has 6 nitrogen and oxygen atoms in total. The van der Waals surface area contributed by atoms with E-state index in [1.807, 2.05) is 28.8 Å². The van der Waals surface area contributed by atoms with Crippen molar-refractivity contribution in [2.75, 3.05) is 19.5 Å². The quantitative estimate of drug-likeness (QED) is 0.756. The number of fused-ring (bicyclic) bond motifs is 1. The maximum atomic E-state index is 12.3. The lowest BCUT2D eigenvalue weighted by Gasteiger charge is -2.12. The van der Waals surface area contributed by atoms with E-state index in [9.17, 15) is 4.79 Å². The largest absolute Gasteiger partial charge is 0.497 e. The summed E-state index contributed by atoms with van der Waals surface area (Å²) in [6, 6.07) is 13.1. The number of methoxy groups -OCH3 is 2. The van der Waals surface area contributed by atoms with Gasteiger partial charge in [0.2, 0.25) is 5.91 Å². The van der Waals surface area contributed by atoms with Gasteiger partial charge in [-0.05, 0) is 24.3 Å². The molecule has 1 aromatic heterocycles. The van der Waals surface area contributed by atoms with Gasteiger partial charge < -0.3 is 19.4 Å². The molecule has 1 heterocycles. The number of rotatable bonds is 6. The number of aryl methyl sites for hydroxylation is 1. The first kappa shape index (κ1) is 15.9. The average Bonchev–Trinajstić information content (AvgIpc) is 3.03. The summed E-state index contributed by atoms with van der Waals surface area (Å²) in [6.45, 7) is 0.554. The van der Waals surface area contributed by atoms with Gasteiger partial charge in [-0.25, -0.2) is 4.98 Å². The van der Waals surface area contributed by atoms with Crippen molar-refractivity contribution in [3.8, 4) is 11.5 Å². The van der Waals surface area contributed by atoms with Crippen LogP contribution in [0.4, 0.5) is 5.69 Å². The SMILES string of the molecule is COc1ccc(OC)c(NC(=O)CCn2cnc3ccccc32)c1. The van der Waals surface area contributed by atoms with Gasteiger partial charge in [0.05, 0.1) is 37.3 Å². The molecule has 0 spiro atoms. The molecule has 0 atom stereocenters. The van der Waals surface area contributed by atoms with Crippen LogP contribution < -0.4 is 14.8 Å². The van der Waals surface area contributed by atoms with Gasteiger partial charge in [-0.15, -0.1) is 0 Å². The summed E-state index contributed by atoms with van der Waals surface area (Å²) in [5.74, 6) is 1.16. The van der Waals surface area contributed by atoms with Crippen LogP contribution in [0, 0.1) is 0 Å². The lowest BCUT2D eigenvalue weighted by Crippen LogP contribution is -2.15. The number of benzene rings is 2. The third-order valence-electron chi connectivity index (χ3n) is 3.79. The number of ether oxygens (including phenoxy) is 2. The van der Waals surface area contributed by atoms with Gasteiger partial charge in [-0.2, -0.15) is 0 Å². The Balaban J connectivity index is 1.68. The molecule has 0 aliphatic rings. The Bertz CT molecular complexity index is 858. The molecular formula is C18H19N3O3. The number of carbonyl (C=O) groups excluding carboxylic acids is 1. The zero-order valence-corrected chi connectivity index (χ0v) is 13.7. The summed E-state index contributed by atoms with van der Waals surface area (Å²) in [5, 5.41) is 2.87. The number of carbonyl (C=O) groups is 1. The number of imidazole rings is 1. The van der Waals surface area contributed by atoms with Crippen molar-refractivity contribution >= 4 is 22.6 Å². The Morgan fingerprint density at radius 2 is 2.00 bits per heavy atom. The molecule has 0 aliphatic carbocycles. The van der Waals surface area contributed by atoms with Gasteiger partial charge in [0.15, 0.2) is 0 Å². The number of hydrogen-bond acceptors (Lipinski definition) is 4. The Labute approximate surface area is 140 Å². The third kappa shape index (κ3) is 3.32. The van der Waals surface area contributed by atoms with Gasteiger partial charge in [-0.3, -0.25) is 4.79 Å². The van der Waals surface area contributed by atoms with Crippen LogP contribution in [0.5, 0.6) is 11.5 Å². The van der Waals surface area contributed by atoms with E-state index >= 15 is 0 Å². The second kappa shape index (κ2) is 7.04. The predicted octanol–water partition coefficient (Wildman–Crippen LogP) is 3.08. The number of aromatic nitrogens is 2. The molecule has 6 heteroatoms. The monoisotopic (exact) mass is 325 g/mol. The van der Waals surface area contributed by atoms with Crippen LogP contribution in [0.25, 0.3) is 11.0 Å². The first-order chi connectivity index (χ1) is 11.7. The van der Waals surface area contributed by atoms with Crippen molar-refractivity contribution in [2.24, 2.45) is 0 Å². The number of anilines is 1. The molecule has 24 heavy (non-hydrogen) atoms. The van der Waals surface area contributed by atoms with Crippen molar-refractivity contribution in [1.29, 1.82) is 0 Å². The van der Waals surface area contributed by atoms with Crippen molar-refractivity contribution in [1.82, 2.24) is 9.55 Å². The Hall–Kier alpha value is -3.02. The lowest BCUT2D eigenvalue weighted by atomic mass is 10.2. The minimum atomic E-state index is -0.0978. The first-order valence-corrected chi connectivity index (χ1v) is 7.63. The molecule has 0 bridgehead atoms. The van der Waals surface area contributed by atoms with E-state index in [4.69, 9.17) is 9.47 Å². The highest BCUT2D eigenvalue weighted by Crippen LogP contribution is 2.29. The zero-order valence-electron chi connectivity index (χ0n) is 13.7. The van der Waals surface area contributed by atoms with Crippen LogP contribution in [-0.2, 0) is 11.3 Å². The van der Waals surface area contributed by atoms with E-state index in [0.29, 0.717) is 30.2 Å². The molecule has 3 aromatic rings. The molecule has 0 fully saturated rings. The molecule has 0 saturated heterocycles.